The second-order valence-corrected chi connectivity index (χ2v) is 7.08. The Bertz CT molecular complexity index is 771. The monoisotopic (exact) mass is 362 g/mol. The average molecular weight is 362 g/mol. The Balaban J connectivity index is 1.68. The number of carboxylic acids is 1. The molecule has 1 aliphatic rings. The van der Waals surface area contributed by atoms with Crippen LogP contribution in [0.1, 0.15) is 41.0 Å². The molecule has 0 amide bonds. The van der Waals surface area contributed by atoms with Crippen molar-refractivity contribution in [1.82, 2.24) is 4.98 Å². The van der Waals surface area contributed by atoms with E-state index in [1.807, 2.05) is 5.38 Å². The number of hydrogen-bond acceptors (Lipinski definition) is 6. The lowest BCUT2D eigenvalue weighted by atomic mass is 10.0. The van der Waals surface area contributed by atoms with Crippen LogP contribution in [0.15, 0.2) is 34.7 Å². The number of thiazole rings is 1. The van der Waals surface area contributed by atoms with Crippen molar-refractivity contribution in [1.29, 1.82) is 0 Å². The minimum absolute atomic E-state index is 0.197. The summed E-state index contributed by atoms with van der Waals surface area (Å²) < 4.78 is 8.45. The summed E-state index contributed by atoms with van der Waals surface area (Å²) in [7, 11) is 1.52. The van der Waals surface area contributed by atoms with Gasteiger partial charge in [-0.25, -0.2) is 9.78 Å². The molecule has 1 aliphatic carbocycles. The van der Waals surface area contributed by atoms with E-state index in [1.54, 1.807) is 23.5 Å². The highest BCUT2D eigenvalue weighted by Crippen LogP contribution is 2.33. The second-order valence-electron chi connectivity index (χ2n) is 5.39. The molecule has 0 atom stereocenters. The van der Waals surface area contributed by atoms with Gasteiger partial charge in [-0.2, -0.15) is 0 Å². The van der Waals surface area contributed by atoms with Gasteiger partial charge in [0.15, 0.2) is 0 Å². The quantitative estimate of drug-likeness (QED) is 0.710. The molecule has 0 saturated heterocycles. The maximum absolute atomic E-state index is 11.0. The van der Waals surface area contributed by atoms with Gasteiger partial charge >= 0.3 is 5.97 Å². The Kier molecular flexibility index (Phi) is 5.42. The van der Waals surface area contributed by atoms with Gasteiger partial charge in [0.25, 0.3) is 0 Å². The number of nitrogens with zero attached hydrogens (tertiary/aromatic N) is 1. The van der Waals surface area contributed by atoms with Crippen LogP contribution in [-0.2, 0) is 0 Å². The van der Waals surface area contributed by atoms with E-state index in [-0.39, 0.29) is 5.56 Å². The van der Waals surface area contributed by atoms with Crippen molar-refractivity contribution >= 4 is 40.5 Å². The summed E-state index contributed by atoms with van der Waals surface area (Å²) in [6.45, 7) is 0. The molecule has 1 aromatic heterocycles. The smallest absolute Gasteiger partial charge is 0.335 e. The lowest BCUT2D eigenvalue weighted by molar-refractivity contribution is 0.0696. The van der Waals surface area contributed by atoms with Crippen LogP contribution in [-0.4, -0.2) is 23.2 Å². The number of carboxylic acid groups (broad SMARTS) is 1. The molecule has 2 aromatic rings. The van der Waals surface area contributed by atoms with E-state index in [0.717, 1.165) is 28.6 Å². The normalized spacial score (nSPS) is 14.1. The Morgan fingerprint density at radius 2 is 2.29 bits per heavy atom. The molecule has 5 nitrogen and oxygen atoms in total. The van der Waals surface area contributed by atoms with Crippen LogP contribution >= 0.6 is 23.3 Å². The number of ether oxygens (including phenoxy) is 1. The largest absolute Gasteiger partial charge is 0.495 e. The lowest BCUT2D eigenvalue weighted by Gasteiger charge is -2.10. The van der Waals surface area contributed by atoms with Crippen molar-refractivity contribution in [3.8, 4) is 5.75 Å². The molecule has 0 bridgehead atoms. The fourth-order valence-electron chi connectivity index (χ4n) is 2.50. The molecular formula is C17H18N2O3S2. The van der Waals surface area contributed by atoms with E-state index >= 15 is 0 Å². The summed E-state index contributed by atoms with van der Waals surface area (Å²) in [5.41, 5.74) is 2.27. The maximum Gasteiger partial charge on any atom is 0.335 e. The molecule has 0 unspecified atom stereocenters. The van der Waals surface area contributed by atoms with Gasteiger partial charge in [-0.15, -0.1) is 11.3 Å². The van der Waals surface area contributed by atoms with E-state index in [4.69, 9.17) is 9.84 Å². The van der Waals surface area contributed by atoms with Crippen molar-refractivity contribution < 1.29 is 14.6 Å². The van der Waals surface area contributed by atoms with E-state index in [1.165, 1.54) is 43.5 Å². The number of anilines is 1. The third-order valence-electron chi connectivity index (χ3n) is 3.76. The first-order valence-corrected chi connectivity index (χ1v) is 9.36. The fourth-order valence-corrected chi connectivity index (χ4v) is 4.17. The third-order valence-corrected chi connectivity index (χ3v) is 5.57. The SMILES string of the molecule is COc1cc(C(=O)O)ccc1NSc1csc(C2=CCCCC2)n1. The third kappa shape index (κ3) is 3.91. The highest BCUT2D eigenvalue weighted by molar-refractivity contribution is 8.00. The van der Waals surface area contributed by atoms with Crippen LogP contribution < -0.4 is 9.46 Å². The van der Waals surface area contributed by atoms with E-state index in [9.17, 15) is 4.79 Å². The minimum Gasteiger partial charge on any atom is -0.495 e. The molecule has 0 spiro atoms. The Hall–Kier alpha value is -1.99. The molecule has 3 rings (SSSR count). The molecule has 0 fully saturated rings. The molecule has 1 heterocycles. The summed E-state index contributed by atoms with van der Waals surface area (Å²) in [5.74, 6) is -0.481. The van der Waals surface area contributed by atoms with Crippen molar-refractivity contribution in [2.24, 2.45) is 0 Å². The number of hydrogen-bond donors (Lipinski definition) is 2. The first kappa shape index (κ1) is 16.9. The van der Waals surface area contributed by atoms with Crippen LogP contribution in [0.4, 0.5) is 5.69 Å². The minimum atomic E-state index is -0.975. The number of nitrogens with one attached hydrogen (secondary N) is 1. The number of carbonyl (C=O) groups is 1. The summed E-state index contributed by atoms with van der Waals surface area (Å²) >= 11 is 3.06. The number of allylic oxidation sites excluding steroid dienone is 2. The van der Waals surface area contributed by atoms with E-state index in [0.29, 0.717) is 5.75 Å². The Morgan fingerprint density at radius 3 is 3.00 bits per heavy atom. The van der Waals surface area contributed by atoms with Crippen molar-refractivity contribution in [3.05, 3.63) is 40.2 Å². The van der Waals surface area contributed by atoms with Gasteiger partial charge in [-0.05, 0) is 49.5 Å². The predicted molar refractivity (Wildman–Crippen MR) is 98.0 cm³/mol. The topological polar surface area (TPSA) is 71.5 Å². The Labute approximate surface area is 148 Å². The van der Waals surface area contributed by atoms with Gasteiger partial charge < -0.3 is 14.6 Å². The van der Waals surface area contributed by atoms with Crippen LogP contribution in [0.3, 0.4) is 0 Å². The average Bonchev–Trinajstić information content (AvgIpc) is 3.09. The van der Waals surface area contributed by atoms with Crippen molar-refractivity contribution in [3.63, 3.8) is 0 Å². The second kappa shape index (κ2) is 7.72. The molecule has 7 heteroatoms. The van der Waals surface area contributed by atoms with Gasteiger partial charge in [0, 0.05) is 17.3 Å². The number of rotatable bonds is 6. The summed E-state index contributed by atoms with van der Waals surface area (Å²) in [6.07, 6.45) is 7.04. The van der Waals surface area contributed by atoms with Gasteiger partial charge in [-0.1, -0.05) is 6.08 Å². The molecule has 0 aliphatic heterocycles. The van der Waals surface area contributed by atoms with Gasteiger partial charge in [0.05, 0.1) is 18.4 Å². The predicted octanol–water partition coefficient (Wildman–Crippen LogP) is 4.93. The summed E-state index contributed by atoms with van der Waals surface area (Å²) in [5, 5.41) is 13.0. The highest BCUT2D eigenvalue weighted by Gasteiger charge is 2.12. The highest BCUT2D eigenvalue weighted by atomic mass is 32.2. The van der Waals surface area contributed by atoms with Crippen molar-refractivity contribution in [2.75, 3.05) is 11.8 Å². The van der Waals surface area contributed by atoms with Crippen LogP contribution in [0.5, 0.6) is 5.75 Å². The van der Waals surface area contributed by atoms with Crippen LogP contribution in [0.25, 0.3) is 5.57 Å². The van der Waals surface area contributed by atoms with E-state index < -0.39 is 5.97 Å². The fraction of sp³-hybridized carbons (Fsp3) is 0.294. The summed E-state index contributed by atoms with van der Waals surface area (Å²) in [4.78, 5) is 15.7. The molecule has 24 heavy (non-hydrogen) atoms. The van der Waals surface area contributed by atoms with E-state index in [2.05, 4.69) is 15.8 Å². The molecule has 0 radical (unpaired) electrons. The Morgan fingerprint density at radius 1 is 1.42 bits per heavy atom. The molecule has 2 N–H and O–H groups in total. The van der Waals surface area contributed by atoms with Crippen molar-refractivity contribution in [2.45, 2.75) is 30.7 Å². The first-order chi connectivity index (χ1) is 11.7. The molecule has 1 aromatic carbocycles. The van der Waals surface area contributed by atoms with Gasteiger partial charge in [0.2, 0.25) is 0 Å². The number of methoxy groups -OCH3 is 1. The number of benzene rings is 1. The van der Waals surface area contributed by atoms with Gasteiger partial charge in [-0.3, -0.25) is 0 Å². The zero-order valence-electron chi connectivity index (χ0n) is 13.2. The zero-order valence-corrected chi connectivity index (χ0v) is 14.9. The molecule has 126 valence electrons. The zero-order chi connectivity index (χ0) is 16.9. The number of aromatic nitrogens is 1. The van der Waals surface area contributed by atoms with Gasteiger partial charge in [0.1, 0.15) is 15.8 Å². The maximum atomic E-state index is 11.0. The standard InChI is InChI=1S/C17H18N2O3S2/c1-22-14-9-12(17(20)21)7-8-13(14)19-24-15-10-23-16(18-15)11-5-3-2-4-6-11/h5,7-10,19H,2-4,6H2,1H3,(H,20,21). The summed E-state index contributed by atoms with van der Waals surface area (Å²) in [6, 6.07) is 4.75. The lowest BCUT2D eigenvalue weighted by Crippen LogP contribution is -1.99. The first-order valence-electron chi connectivity index (χ1n) is 7.66. The molecular weight excluding hydrogens is 344 g/mol. The van der Waals surface area contributed by atoms with Crippen LogP contribution in [0, 0.1) is 0 Å². The molecule has 0 saturated carbocycles. The number of aromatic carboxylic acids is 1. The van der Waals surface area contributed by atoms with Crippen LogP contribution in [0.2, 0.25) is 0 Å².